The van der Waals surface area contributed by atoms with Gasteiger partial charge < -0.3 is 15.2 Å². The van der Waals surface area contributed by atoms with Crippen LogP contribution in [0.3, 0.4) is 0 Å². The molecule has 2 N–H and O–H groups in total. The van der Waals surface area contributed by atoms with Crippen LogP contribution >= 0.6 is 15.9 Å². The molecule has 0 aliphatic heterocycles. The molecule has 0 saturated heterocycles. The highest BCUT2D eigenvalue weighted by atomic mass is 79.9. The minimum absolute atomic E-state index is 0.0534. The van der Waals surface area contributed by atoms with E-state index in [-0.39, 0.29) is 22.8 Å². The molecule has 1 aliphatic rings. The maximum Gasteiger partial charge on any atom is 0.255 e. The van der Waals surface area contributed by atoms with Gasteiger partial charge in [0.2, 0.25) is 0 Å². The van der Waals surface area contributed by atoms with Crippen molar-refractivity contribution < 1.29 is 14.6 Å². The Balaban J connectivity index is 2.14. The SMILES string of the molecule is COc1ccc(C(=O)NC2(CBr)CCCCC2)c(O)c1. The zero-order valence-electron chi connectivity index (χ0n) is 11.6. The van der Waals surface area contributed by atoms with Crippen molar-refractivity contribution in [1.82, 2.24) is 5.32 Å². The summed E-state index contributed by atoms with van der Waals surface area (Å²) in [6, 6.07) is 4.72. The van der Waals surface area contributed by atoms with Crippen molar-refractivity contribution in [3.05, 3.63) is 23.8 Å². The fraction of sp³-hybridized carbons (Fsp3) is 0.533. The number of phenolic OH excluding ortho intramolecular Hbond substituents is 1. The molecule has 1 aliphatic carbocycles. The second-order valence-electron chi connectivity index (χ2n) is 5.31. The molecule has 0 radical (unpaired) electrons. The van der Waals surface area contributed by atoms with Gasteiger partial charge in [0, 0.05) is 11.4 Å². The lowest BCUT2D eigenvalue weighted by atomic mass is 9.83. The lowest BCUT2D eigenvalue weighted by Crippen LogP contribution is -2.51. The quantitative estimate of drug-likeness (QED) is 0.826. The first-order valence-corrected chi connectivity index (χ1v) is 7.98. The van der Waals surface area contributed by atoms with Crippen LogP contribution in [-0.4, -0.2) is 29.0 Å². The van der Waals surface area contributed by atoms with Gasteiger partial charge in [-0.05, 0) is 25.0 Å². The van der Waals surface area contributed by atoms with Gasteiger partial charge >= 0.3 is 0 Å². The van der Waals surface area contributed by atoms with Gasteiger partial charge in [-0.1, -0.05) is 35.2 Å². The van der Waals surface area contributed by atoms with Gasteiger partial charge in [-0.3, -0.25) is 4.79 Å². The summed E-state index contributed by atoms with van der Waals surface area (Å²) in [5, 5.41) is 13.8. The molecule has 5 heteroatoms. The molecule has 0 atom stereocenters. The van der Waals surface area contributed by atoms with Gasteiger partial charge in [-0.15, -0.1) is 0 Å². The molecule has 4 nitrogen and oxygen atoms in total. The second-order valence-corrected chi connectivity index (χ2v) is 5.87. The molecule has 1 amide bonds. The molecular weight excluding hydrogens is 322 g/mol. The second kappa shape index (κ2) is 6.48. The summed E-state index contributed by atoms with van der Waals surface area (Å²) < 4.78 is 5.02. The Kier molecular flexibility index (Phi) is 4.91. The topological polar surface area (TPSA) is 58.6 Å². The van der Waals surface area contributed by atoms with Crippen molar-refractivity contribution in [2.45, 2.75) is 37.6 Å². The largest absolute Gasteiger partial charge is 0.507 e. The monoisotopic (exact) mass is 341 g/mol. The number of methoxy groups -OCH3 is 1. The van der Waals surface area contributed by atoms with Gasteiger partial charge in [0.05, 0.1) is 18.2 Å². The summed E-state index contributed by atoms with van der Waals surface area (Å²) in [6.45, 7) is 0. The van der Waals surface area contributed by atoms with Gasteiger partial charge in [-0.2, -0.15) is 0 Å². The number of nitrogens with one attached hydrogen (secondary N) is 1. The van der Waals surface area contributed by atoms with E-state index in [2.05, 4.69) is 21.2 Å². The molecule has 1 aromatic carbocycles. The molecule has 110 valence electrons. The maximum absolute atomic E-state index is 12.4. The van der Waals surface area contributed by atoms with E-state index in [0.29, 0.717) is 5.75 Å². The molecule has 2 rings (SSSR count). The van der Waals surface area contributed by atoms with Gasteiger partial charge in [0.15, 0.2) is 0 Å². The first kappa shape index (κ1) is 15.2. The van der Waals surface area contributed by atoms with Crippen molar-refractivity contribution in [2.75, 3.05) is 12.4 Å². The fourth-order valence-corrected chi connectivity index (χ4v) is 3.36. The van der Waals surface area contributed by atoms with Crippen LogP contribution in [0.2, 0.25) is 0 Å². The Morgan fingerprint density at radius 2 is 2.10 bits per heavy atom. The summed E-state index contributed by atoms with van der Waals surface area (Å²) in [7, 11) is 1.52. The smallest absolute Gasteiger partial charge is 0.255 e. The van der Waals surface area contributed by atoms with E-state index in [4.69, 9.17) is 4.74 Å². The van der Waals surface area contributed by atoms with Crippen LogP contribution in [0.15, 0.2) is 18.2 Å². The first-order chi connectivity index (χ1) is 9.60. The Bertz CT molecular complexity index is 484. The number of hydrogen-bond donors (Lipinski definition) is 2. The molecule has 0 aromatic heterocycles. The minimum atomic E-state index is -0.230. The van der Waals surface area contributed by atoms with Crippen molar-refractivity contribution in [3.63, 3.8) is 0 Å². The third kappa shape index (κ3) is 3.26. The molecule has 1 aromatic rings. The standard InChI is InChI=1S/C15H20BrNO3/c1-20-11-5-6-12(13(18)9-11)14(19)17-15(10-16)7-3-2-4-8-15/h5-6,9,18H,2-4,7-8,10H2,1H3,(H,17,19). The average molecular weight is 342 g/mol. The number of amides is 1. The number of hydrogen-bond acceptors (Lipinski definition) is 3. The van der Waals surface area contributed by atoms with Gasteiger partial charge in [0.25, 0.3) is 5.91 Å². The molecule has 1 fully saturated rings. The lowest BCUT2D eigenvalue weighted by Gasteiger charge is -2.36. The first-order valence-electron chi connectivity index (χ1n) is 6.86. The van der Waals surface area contributed by atoms with Crippen LogP contribution in [0, 0.1) is 0 Å². The number of rotatable bonds is 4. The third-order valence-corrected chi connectivity index (χ3v) is 4.97. The van der Waals surface area contributed by atoms with Crippen LogP contribution in [0.5, 0.6) is 11.5 Å². The van der Waals surface area contributed by atoms with Gasteiger partial charge in [-0.25, -0.2) is 0 Å². The number of halogens is 1. The summed E-state index contributed by atoms with van der Waals surface area (Å²) in [6.07, 6.45) is 5.42. The normalized spacial score (nSPS) is 17.5. The van der Waals surface area contributed by atoms with Crippen molar-refractivity contribution in [1.29, 1.82) is 0 Å². The van der Waals surface area contributed by atoms with E-state index in [1.165, 1.54) is 19.6 Å². The fourth-order valence-electron chi connectivity index (χ4n) is 2.66. The third-order valence-electron chi connectivity index (χ3n) is 3.89. The Hall–Kier alpha value is -1.23. The van der Waals surface area contributed by atoms with Crippen LogP contribution < -0.4 is 10.1 Å². The minimum Gasteiger partial charge on any atom is -0.507 e. The number of ether oxygens (including phenoxy) is 1. The predicted molar refractivity (Wildman–Crippen MR) is 81.7 cm³/mol. The number of carbonyl (C=O) groups excluding carboxylic acids is 1. The number of carbonyl (C=O) groups is 1. The number of phenols is 1. The van der Waals surface area contributed by atoms with E-state index in [0.717, 1.165) is 31.0 Å². The number of benzene rings is 1. The zero-order chi connectivity index (χ0) is 14.6. The Morgan fingerprint density at radius 3 is 2.65 bits per heavy atom. The zero-order valence-corrected chi connectivity index (χ0v) is 13.2. The molecule has 20 heavy (non-hydrogen) atoms. The van der Waals surface area contributed by atoms with Crippen LogP contribution in [0.4, 0.5) is 0 Å². The van der Waals surface area contributed by atoms with Crippen LogP contribution in [0.25, 0.3) is 0 Å². The number of alkyl halides is 1. The molecule has 0 heterocycles. The Morgan fingerprint density at radius 1 is 1.40 bits per heavy atom. The van der Waals surface area contributed by atoms with Crippen LogP contribution in [0.1, 0.15) is 42.5 Å². The molecule has 0 bridgehead atoms. The summed E-state index contributed by atoms with van der Waals surface area (Å²) in [4.78, 5) is 12.4. The number of aromatic hydroxyl groups is 1. The average Bonchev–Trinajstić information content (AvgIpc) is 2.47. The van der Waals surface area contributed by atoms with Crippen molar-refractivity contribution in [2.24, 2.45) is 0 Å². The van der Waals surface area contributed by atoms with E-state index in [1.807, 2.05) is 0 Å². The highest BCUT2D eigenvalue weighted by molar-refractivity contribution is 9.09. The predicted octanol–water partition coefficient (Wildman–Crippen LogP) is 3.23. The summed E-state index contributed by atoms with van der Waals surface area (Å²) in [5.74, 6) is 0.251. The molecule has 0 spiro atoms. The highest BCUT2D eigenvalue weighted by Crippen LogP contribution is 2.31. The maximum atomic E-state index is 12.4. The molecular formula is C15H20BrNO3. The van der Waals surface area contributed by atoms with E-state index in [1.54, 1.807) is 12.1 Å². The molecule has 1 saturated carbocycles. The Labute approximate surface area is 127 Å². The molecule has 0 unspecified atom stereocenters. The van der Waals surface area contributed by atoms with E-state index < -0.39 is 0 Å². The van der Waals surface area contributed by atoms with Crippen molar-refractivity contribution >= 4 is 21.8 Å². The summed E-state index contributed by atoms with van der Waals surface area (Å²) in [5.41, 5.74) is 0.0959. The van der Waals surface area contributed by atoms with E-state index in [9.17, 15) is 9.90 Å². The lowest BCUT2D eigenvalue weighted by molar-refractivity contribution is 0.0883. The van der Waals surface area contributed by atoms with Gasteiger partial charge in [0.1, 0.15) is 11.5 Å². The van der Waals surface area contributed by atoms with Crippen LogP contribution in [-0.2, 0) is 0 Å². The summed E-state index contributed by atoms with van der Waals surface area (Å²) >= 11 is 3.51. The van der Waals surface area contributed by atoms with E-state index >= 15 is 0 Å². The van der Waals surface area contributed by atoms with Crippen molar-refractivity contribution in [3.8, 4) is 11.5 Å². The highest BCUT2D eigenvalue weighted by Gasteiger charge is 2.33.